The van der Waals surface area contributed by atoms with Gasteiger partial charge in [-0.05, 0) is 6.42 Å². The Hall–Kier alpha value is -0.740. The first-order valence-electron chi connectivity index (χ1n) is 3.74. The smallest absolute Gasteiger partial charge is 0.0214 e. The molecule has 54 valence electrons. The zero-order chi connectivity index (χ0) is 7.23. The minimum Gasteiger partial charge on any atom is -0.298 e. The predicted octanol–water partition coefficient (Wildman–Crippen LogP) is 1.27. The molecular weight excluding hydrogens is 122 g/mol. The molecule has 0 N–H and O–H groups in total. The molecule has 0 aromatic heterocycles. The summed E-state index contributed by atoms with van der Waals surface area (Å²) in [6, 6.07) is 0. The van der Waals surface area contributed by atoms with Crippen LogP contribution in [0.1, 0.15) is 12.8 Å². The van der Waals surface area contributed by atoms with Crippen LogP contribution in [0.4, 0.5) is 0 Å². The summed E-state index contributed by atoms with van der Waals surface area (Å²) in [7, 11) is 0. The van der Waals surface area contributed by atoms with E-state index in [4.69, 9.17) is 6.42 Å². The second-order valence-electron chi connectivity index (χ2n) is 2.51. The SMILES string of the molecule is C#CCCN1CC=CCC1. The van der Waals surface area contributed by atoms with Crippen molar-refractivity contribution in [2.45, 2.75) is 12.8 Å². The van der Waals surface area contributed by atoms with Crippen LogP contribution in [-0.2, 0) is 0 Å². The topological polar surface area (TPSA) is 3.24 Å². The van der Waals surface area contributed by atoms with Gasteiger partial charge in [-0.1, -0.05) is 12.2 Å². The standard InChI is InChI=1S/C9H13N/c1-2-3-7-10-8-5-4-6-9-10/h1,4-5H,3,6-9H2. The molecule has 0 fully saturated rings. The van der Waals surface area contributed by atoms with Gasteiger partial charge in [-0.3, -0.25) is 4.90 Å². The average molecular weight is 135 g/mol. The fourth-order valence-electron chi connectivity index (χ4n) is 1.12. The Kier molecular flexibility index (Phi) is 3.05. The quantitative estimate of drug-likeness (QED) is 0.407. The van der Waals surface area contributed by atoms with Crippen molar-refractivity contribution in [3.05, 3.63) is 12.2 Å². The highest BCUT2D eigenvalue weighted by Gasteiger charge is 2.02. The summed E-state index contributed by atoms with van der Waals surface area (Å²) in [4.78, 5) is 2.37. The Morgan fingerprint density at radius 1 is 1.50 bits per heavy atom. The van der Waals surface area contributed by atoms with E-state index in [1.165, 1.54) is 13.0 Å². The Bertz CT molecular complexity index is 153. The molecule has 1 heteroatoms. The number of terminal acetylenes is 1. The minimum absolute atomic E-state index is 0.883. The van der Waals surface area contributed by atoms with E-state index < -0.39 is 0 Å². The third-order valence-electron chi connectivity index (χ3n) is 1.71. The van der Waals surface area contributed by atoms with Gasteiger partial charge in [0.05, 0.1) is 0 Å². The zero-order valence-electron chi connectivity index (χ0n) is 6.21. The van der Waals surface area contributed by atoms with Crippen molar-refractivity contribution in [3.63, 3.8) is 0 Å². The van der Waals surface area contributed by atoms with Crippen LogP contribution in [0.5, 0.6) is 0 Å². The Balaban J connectivity index is 2.17. The lowest BCUT2D eigenvalue weighted by molar-refractivity contribution is 0.306. The van der Waals surface area contributed by atoms with Crippen LogP contribution in [0.25, 0.3) is 0 Å². The molecule has 1 rings (SSSR count). The summed E-state index contributed by atoms with van der Waals surface area (Å²) in [5.41, 5.74) is 0. The van der Waals surface area contributed by atoms with E-state index in [2.05, 4.69) is 23.0 Å². The molecule has 0 aliphatic carbocycles. The molecule has 0 saturated carbocycles. The first-order chi connectivity index (χ1) is 4.93. The van der Waals surface area contributed by atoms with Crippen LogP contribution in [0.15, 0.2) is 12.2 Å². The Morgan fingerprint density at radius 2 is 2.40 bits per heavy atom. The molecule has 0 saturated heterocycles. The lowest BCUT2D eigenvalue weighted by atomic mass is 10.2. The first kappa shape index (κ1) is 7.37. The first-order valence-corrected chi connectivity index (χ1v) is 3.74. The zero-order valence-corrected chi connectivity index (χ0v) is 6.21. The van der Waals surface area contributed by atoms with Crippen molar-refractivity contribution in [2.75, 3.05) is 19.6 Å². The van der Waals surface area contributed by atoms with Crippen molar-refractivity contribution >= 4 is 0 Å². The molecule has 0 aromatic rings. The van der Waals surface area contributed by atoms with E-state index in [9.17, 15) is 0 Å². The van der Waals surface area contributed by atoms with Gasteiger partial charge >= 0.3 is 0 Å². The molecule has 10 heavy (non-hydrogen) atoms. The highest BCUT2D eigenvalue weighted by molar-refractivity contribution is 4.92. The summed E-state index contributed by atoms with van der Waals surface area (Å²) >= 11 is 0. The lowest BCUT2D eigenvalue weighted by Crippen LogP contribution is -2.27. The maximum atomic E-state index is 5.15. The summed E-state index contributed by atoms with van der Waals surface area (Å²) in [6.07, 6.45) is 11.7. The van der Waals surface area contributed by atoms with E-state index in [0.717, 1.165) is 19.5 Å². The Morgan fingerprint density at radius 3 is 3.00 bits per heavy atom. The van der Waals surface area contributed by atoms with E-state index in [1.807, 2.05) is 0 Å². The van der Waals surface area contributed by atoms with Crippen molar-refractivity contribution in [1.29, 1.82) is 0 Å². The molecule has 0 atom stereocenters. The molecule has 0 bridgehead atoms. The summed E-state index contributed by atoms with van der Waals surface area (Å²) in [5.74, 6) is 2.65. The molecule has 0 radical (unpaired) electrons. The second kappa shape index (κ2) is 4.14. The van der Waals surface area contributed by atoms with E-state index in [0.29, 0.717) is 0 Å². The maximum Gasteiger partial charge on any atom is 0.0214 e. The molecule has 1 aliphatic rings. The largest absolute Gasteiger partial charge is 0.298 e. The molecule has 1 aliphatic heterocycles. The highest BCUT2D eigenvalue weighted by Crippen LogP contribution is 2.00. The van der Waals surface area contributed by atoms with Crippen molar-refractivity contribution in [3.8, 4) is 12.3 Å². The monoisotopic (exact) mass is 135 g/mol. The van der Waals surface area contributed by atoms with Crippen LogP contribution in [0.3, 0.4) is 0 Å². The summed E-state index contributed by atoms with van der Waals surface area (Å²) in [5, 5.41) is 0. The van der Waals surface area contributed by atoms with Gasteiger partial charge in [-0.25, -0.2) is 0 Å². The lowest BCUT2D eigenvalue weighted by Gasteiger charge is -2.21. The van der Waals surface area contributed by atoms with Crippen LogP contribution in [0, 0.1) is 12.3 Å². The van der Waals surface area contributed by atoms with Crippen molar-refractivity contribution in [1.82, 2.24) is 4.90 Å². The number of rotatable bonds is 2. The highest BCUT2D eigenvalue weighted by atomic mass is 15.1. The molecule has 0 unspecified atom stereocenters. The maximum absolute atomic E-state index is 5.15. The molecule has 1 heterocycles. The fraction of sp³-hybridized carbons (Fsp3) is 0.556. The van der Waals surface area contributed by atoms with Crippen LogP contribution < -0.4 is 0 Å². The van der Waals surface area contributed by atoms with Crippen molar-refractivity contribution in [2.24, 2.45) is 0 Å². The van der Waals surface area contributed by atoms with Crippen LogP contribution in [-0.4, -0.2) is 24.5 Å². The second-order valence-corrected chi connectivity index (χ2v) is 2.51. The fourth-order valence-corrected chi connectivity index (χ4v) is 1.12. The van der Waals surface area contributed by atoms with Crippen LogP contribution >= 0.6 is 0 Å². The van der Waals surface area contributed by atoms with Crippen LogP contribution in [0.2, 0.25) is 0 Å². The predicted molar refractivity (Wildman–Crippen MR) is 43.6 cm³/mol. The average Bonchev–Trinajstić information content (AvgIpc) is 2.03. The minimum atomic E-state index is 0.883. The van der Waals surface area contributed by atoms with Gasteiger partial charge in [0.1, 0.15) is 0 Å². The summed E-state index contributed by atoms with van der Waals surface area (Å²) < 4.78 is 0. The molecular formula is C9H13N. The summed E-state index contributed by atoms with van der Waals surface area (Å²) in [6.45, 7) is 3.32. The molecule has 1 nitrogen and oxygen atoms in total. The van der Waals surface area contributed by atoms with Gasteiger partial charge in [0.15, 0.2) is 0 Å². The number of hydrogen-bond acceptors (Lipinski definition) is 1. The third kappa shape index (κ3) is 2.24. The number of hydrogen-bond donors (Lipinski definition) is 0. The van der Waals surface area contributed by atoms with E-state index in [1.54, 1.807) is 0 Å². The number of nitrogens with zero attached hydrogens (tertiary/aromatic N) is 1. The van der Waals surface area contributed by atoms with Gasteiger partial charge in [-0.2, -0.15) is 0 Å². The van der Waals surface area contributed by atoms with Gasteiger partial charge < -0.3 is 0 Å². The normalized spacial score (nSPS) is 18.7. The van der Waals surface area contributed by atoms with Gasteiger partial charge in [0.25, 0.3) is 0 Å². The van der Waals surface area contributed by atoms with E-state index >= 15 is 0 Å². The van der Waals surface area contributed by atoms with Crippen molar-refractivity contribution < 1.29 is 0 Å². The van der Waals surface area contributed by atoms with Gasteiger partial charge in [0, 0.05) is 26.1 Å². The molecule has 0 aromatic carbocycles. The van der Waals surface area contributed by atoms with Gasteiger partial charge in [-0.15, -0.1) is 12.3 Å². The van der Waals surface area contributed by atoms with E-state index in [-0.39, 0.29) is 0 Å². The molecule has 0 amide bonds. The van der Waals surface area contributed by atoms with Gasteiger partial charge in [0.2, 0.25) is 0 Å². The Labute approximate surface area is 62.7 Å². The third-order valence-corrected chi connectivity index (χ3v) is 1.71. The molecule has 0 spiro atoms.